The number of thiophene rings is 1. The van der Waals surface area contributed by atoms with E-state index in [1.165, 1.54) is 16.0 Å². The van der Waals surface area contributed by atoms with Gasteiger partial charge in [0.25, 0.3) is 0 Å². The molecule has 0 aliphatic heterocycles. The molecule has 0 spiro atoms. The predicted molar refractivity (Wildman–Crippen MR) is 144 cm³/mol. The lowest BCUT2D eigenvalue weighted by atomic mass is 10.0. The summed E-state index contributed by atoms with van der Waals surface area (Å²) >= 11 is 1.68. The molecule has 0 aliphatic rings. The third-order valence-corrected chi connectivity index (χ3v) is 7.06. The highest BCUT2D eigenvalue weighted by molar-refractivity contribution is 7.15. The SMILES string of the molecule is COc1cc2c(N[C@H](N)c3ccc(-c4ccccc4CN(C)C)s3)nnc(C(C)C)c2cc1OC. The summed E-state index contributed by atoms with van der Waals surface area (Å²) in [6, 6.07) is 16.6. The Balaban J connectivity index is 1.68. The fourth-order valence-electron chi connectivity index (χ4n) is 4.15. The molecule has 2 aromatic carbocycles. The first-order chi connectivity index (χ1) is 16.8. The standard InChI is InChI=1S/C27H33N5O2S/c1-16(2)25-19-13-21(33-5)22(34-6)14-20(19)27(31-30-25)29-26(28)24-12-11-23(35-24)18-10-8-7-9-17(18)15-32(3)4/h7-14,16,26H,15,28H2,1-6H3,(H,29,31)/t26-/m0/s1. The maximum Gasteiger partial charge on any atom is 0.161 e. The van der Waals surface area contributed by atoms with Crippen LogP contribution in [0, 0.1) is 0 Å². The molecule has 4 aromatic rings. The van der Waals surface area contributed by atoms with E-state index >= 15 is 0 Å². The summed E-state index contributed by atoms with van der Waals surface area (Å²) in [4.78, 5) is 4.38. The highest BCUT2D eigenvalue weighted by Gasteiger charge is 2.19. The van der Waals surface area contributed by atoms with Gasteiger partial charge in [0.2, 0.25) is 0 Å². The topological polar surface area (TPSA) is 85.5 Å². The minimum Gasteiger partial charge on any atom is -0.493 e. The number of nitrogens with zero attached hydrogens (tertiary/aromatic N) is 3. The molecule has 184 valence electrons. The summed E-state index contributed by atoms with van der Waals surface area (Å²) in [5.74, 6) is 2.10. The van der Waals surface area contributed by atoms with Crippen molar-refractivity contribution < 1.29 is 9.47 Å². The van der Waals surface area contributed by atoms with E-state index in [4.69, 9.17) is 15.2 Å². The number of hydrogen-bond acceptors (Lipinski definition) is 8. The van der Waals surface area contributed by atoms with E-state index in [2.05, 4.69) is 84.8 Å². The third kappa shape index (κ3) is 5.24. The van der Waals surface area contributed by atoms with Gasteiger partial charge in [-0.15, -0.1) is 16.4 Å². The van der Waals surface area contributed by atoms with Crippen molar-refractivity contribution >= 4 is 27.9 Å². The van der Waals surface area contributed by atoms with Gasteiger partial charge in [-0.2, -0.15) is 5.10 Å². The molecule has 0 saturated heterocycles. The molecule has 8 heteroatoms. The maximum absolute atomic E-state index is 6.62. The molecule has 0 unspecified atom stereocenters. The van der Waals surface area contributed by atoms with Gasteiger partial charge in [0.05, 0.1) is 19.9 Å². The number of hydrogen-bond donors (Lipinski definition) is 2. The van der Waals surface area contributed by atoms with Crippen molar-refractivity contribution in [3.05, 3.63) is 64.7 Å². The number of benzene rings is 2. The molecule has 0 aliphatic carbocycles. The van der Waals surface area contributed by atoms with E-state index in [0.717, 1.165) is 27.9 Å². The van der Waals surface area contributed by atoms with Crippen LogP contribution in [0.1, 0.15) is 42.1 Å². The summed E-state index contributed by atoms with van der Waals surface area (Å²) in [7, 11) is 7.42. The molecule has 2 aromatic heterocycles. The van der Waals surface area contributed by atoms with Gasteiger partial charge in [-0.05, 0) is 55.4 Å². The van der Waals surface area contributed by atoms with Crippen LogP contribution in [0.15, 0.2) is 48.5 Å². The number of rotatable bonds is 9. The Morgan fingerprint density at radius 3 is 2.31 bits per heavy atom. The van der Waals surface area contributed by atoms with Gasteiger partial charge in [0, 0.05) is 27.1 Å². The van der Waals surface area contributed by atoms with Gasteiger partial charge in [0.15, 0.2) is 17.3 Å². The lowest BCUT2D eigenvalue weighted by Crippen LogP contribution is -2.20. The first-order valence-electron chi connectivity index (χ1n) is 11.6. The van der Waals surface area contributed by atoms with E-state index in [1.54, 1.807) is 25.6 Å². The van der Waals surface area contributed by atoms with Crippen LogP contribution in [0.3, 0.4) is 0 Å². The zero-order valence-corrected chi connectivity index (χ0v) is 21.9. The smallest absolute Gasteiger partial charge is 0.161 e. The molecule has 0 saturated carbocycles. The Hall–Kier alpha value is -3.20. The van der Waals surface area contributed by atoms with Crippen LogP contribution >= 0.6 is 11.3 Å². The van der Waals surface area contributed by atoms with Crippen molar-refractivity contribution in [3.63, 3.8) is 0 Å². The summed E-state index contributed by atoms with van der Waals surface area (Å²) in [5.41, 5.74) is 10.0. The minimum absolute atomic E-state index is 0.202. The van der Waals surface area contributed by atoms with Crippen LogP contribution < -0.4 is 20.5 Å². The lowest BCUT2D eigenvalue weighted by molar-refractivity contribution is 0.356. The van der Waals surface area contributed by atoms with Crippen LogP contribution in [-0.2, 0) is 6.54 Å². The molecule has 35 heavy (non-hydrogen) atoms. The van der Waals surface area contributed by atoms with E-state index in [9.17, 15) is 0 Å². The molecule has 0 fully saturated rings. The van der Waals surface area contributed by atoms with Crippen molar-refractivity contribution in [1.82, 2.24) is 15.1 Å². The largest absolute Gasteiger partial charge is 0.493 e. The Morgan fingerprint density at radius 2 is 1.66 bits per heavy atom. The molecule has 2 heterocycles. The maximum atomic E-state index is 6.62. The zero-order chi connectivity index (χ0) is 25.1. The second-order valence-corrected chi connectivity index (χ2v) is 10.2. The first kappa shape index (κ1) is 24.9. The second kappa shape index (κ2) is 10.6. The zero-order valence-electron chi connectivity index (χ0n) is 21.1. The molecule has 7 nitrogen and oxygen atoms in total. The van der Waals surface area contributed by atoms with Gasteiger partial charge in [-0.3, -0.25) is 0 Å². The summed E-state index contributed by atoms with van der Waals surface area (Å²) < 4.78 is 11.1. The number of methoxy groups -OCH3 is 2. The molecule has 0 radical (unpaired) electrons. The molecular weight excluding hydrogens is 458 g/mol. The Kier molecular flexibility index (Phi) is 7.54. The summed E-state index contributed by atoms with van der Waals surface area (Å²) in [5, 5.41) is 14.2. The second-order valence-electron chi connectivity index (χ2n) is 9.06. The number of anilines is 1. The Labute approximate surface area is 210 Å². The minimum atomic E-state index is -0.440. The van der Waals surface area contributed by atoms with Crippen LogP contribution in [0.25, 0.3) is 21.2 Å². The molecule has 4 rings (SSSR count). The van der Waals surface area contributed by atoms with E-state index in [0.29, 0.717) is 17.3 Å². The highest BCUT2D eigenvalue weighted by Crippen LogP contribution is 2.38. The van der Waals surface area contributed by atoms with E-state index < -0.39 is 6.17 Å². The fraction of sp³-hybridized carbons (Fsp3) is 0.333. The van der Waals surface area contributed by atoms with Crippen molar-refractivity contribution in [2.75, 3.05) is 33.6 Å². The van der Waals surface area contributed by atoms with Gasteiger partial charge >= 0.3 is 0 Å². The normalized spacial score (nSPS) is 12.4. The fourth-order valence-corrected chi connectivity index (χ4v) is 5.18. The van der Waals surface area contributed by atoms with E-state index in [1.807, 2.05) is 12.1 Å². The van der Waals surface area contributed by atoms with Gasteiger partial charge in [-0.1, -0.05) is 38.1 Å². The first-order valence-corrected chi connectivity index (χ1v) is 12.4. The number of nitrogens with two attached hydrogens (primary N) is 1. The van der Waals surface area contributed by atoms with Gasteiger partial charge in [0.1, 0.15) is 6.17 Å². The van der Waals surface area contributed by atoms with Gasteiger partial charge in [-0.25, -0.2) is 0 Å². The van der Waals surface area contributed by atoms with E-state index in [-0.39, 0.29) is 5.92 Å². The number of fused-ring (bicyclic) bond motifs is 1. The van der Waals surface area contributed by atoms with Crippen molar-refractivity contribution in [2.45, 2.75) is 32.5 Å². The summed E-state index contributed by atoms with van der Waals surface area (Å²) in [6.07, 6.45) is -0.440. The molecule has 3 N–H and O–H groups in total. The van der Waals surface area contributed by atoms with Crippen LogP contribution in [0.5, 0.6) is 11.5 Å². The predicted octanol–water partition coefficient (Wildman–Crippen LogP) is 5.63. The Morgan fingerprint density at radius 1 is 0.971 bits per heavy atom. The average Bonchev–Trinajstić information content (AvgIpc) is 3.33. The number of aromatic nitrogens is 2. The van der Waals surface area contributed by atoms with Gasteiger partial charge < -0.3 is 25.4 Å². The van der Waals surface area contributed by atoms with Crippen molar-refractivity contribution in [1.29, 1.82) is 0 Å². The lowest BCUT2D eigenvalue weighted by Gasteiger charge is -2.18. The third-order valence-electron chi connectivity index (χ3n) is 5.85. The Bertz CT molecular complexity index is 1320. The quantitative estimate of drug-likeness (QED) is 0.294. The summed E-state index contributed by atoms with van der Waals surface area (Å²) in [6.45, 7) is 5.07. The monoisotopic (exact) mass is 491 g/mol. The van der Waals surface area contributed by atoms with Crippen molar-refractivity contribution in [3.8, 4) is 21.9 Å². The molecule has 0 amide bonds. The average molecular weight is 492 g/mol. The van der Waals surface area contributed by atoms with Crippen LogP contribution in [0.4, 0.5) is 5.82 Å². The number of ether oxygens (including phenoxy) is 2. The molecular formula is C27H33N5O2S. The molecule has 1 atom stereocenters. The van der Waals surface area contributed by atoms with Crippen LogP contribution in [-0.4, -0.2) is 43.4 Å². The van der Waals surface area contributed by atoms with Crippen LogP contribution in [0.2, 0.25) is 0 Å². The van der Waals surface area contributed by atoms with Crippen molar-refractivity contribution in [2.24, 2.45) is 5.73 Å². The highest BCUT2D eigenvalue weighted by atomic mass is 32.1. The molecule has 0 bridgehead atoms. The number of nitrogens with one attached hydrogen (secondary N) is 1.